The summed E-state index contributed by atoms with van der Waals surface area (Å²) in [6.45, 7) is 4.42. The van der Waals surface area contributed by atoms with Crippen LogP contribution in [0.25, 0.3) is 0 Å². The fourth-order valence-corrected chi connectivity index (χ4v) is 3.83. The standard InChI is InChI=1S/C13H16ClN5OS2/c1-8-11(21-7-15-8)13(20)16-9-2-4-19(5-3-9)6-10-12(14)22-18-17-10/h7,9H,2-6H2,1H3,(H,16,20). The Morgan fingerprint density at radius 2 is 2.27 bits per heavy atom. The van der Waals surface area contributed by atoms with Gasteiger partial charge in [0.2, 0.25) is 0 Å². The summed E-state index contributed by atoms with van der Waals surface area (Å²) in [6.07, 6.45) is 1.86. The fourth-order valence-electron chi connectivity index (χ4n) is 2.51. The molecule has 0 atom stereocenters. The number of halogens is 1. The quantitative estimate of drug-likeness (QED) is 0.909. The predicted octanol–water partition coefficient (Wildman–Crippen LogP) is 2.35. The minimum atomic E-state index is -0.00908. The van der Waals surface area contributed by atoms with Crippen molar-refractivity contribution >= 4 is 40.4 Å². The molecule has 1 N–H and O–H groups in total. The highest BCUT2D eigenvalue weighted by Crippen LogP contribution is 2.21. The van der Waals surface area contributed by atoms with Crippen LogP contribution in [0.1, 0.15) is 33.9 Å². The molecule has 0 bridgehead atoms. The molecule has 3 rings (SSSR count). The highest BCUT2D eigenvalue weighted by atomic mass is 35.5. The molecule has 22 heavy (non-hydrogen) atoms. The van der Waals surface area contributed by atoms with E-state index in [1.165, 1.54) is 22.9 Å². The first-order chi connectivity index (χ1) is 10.6. The van der Waals surface area contributed by atoms with Gasteiger partial charge < -0.3 is 5.32 Å². The number of nitrogens with one attached hydrogen (secondary N) is 1. The lowest BCUT2D eigenvalue weighted by atomic mass is 10.0. The second-order valence-corrected chi connectivity index (χ2v) is 7.50. The summed E-state index contributed by atoms with van der Waals surface area (Å²) >= 11 is 8.64. The monoisotopic (exact) mass is 357 g/mol. The Hall–Kier alpha value is -1.09. The van der Waals surface area contributed by atoms with Crippen LogP contribution in [0.15, 0.2) is 5.51 Å². The Bertz CT molecular complexity index is 650. The number of thiazole rings is 1. The van der Waals surface area contributed by atoms with Gasteiger partial charge in [0.25, 0.3) is 5.91 Å². The van der Waals surface area contributed by atoms with Gasteiger partial charge in [0.1, 0.15) is 14.9 Å². The minimum Gasteiger partial charge on any atom is -0.348 e. The van der Waals surface area contributed by atoms with E-state index in [0.29, 0.717) is 9.21 Å². The van der Waals surface area contributed by atoms with E-state index < -0.39 is 0 Å². The highest BCUT2D eigenvalue weighted by molar-refractivity contribution is 7.12. The molecule has 0 radical (unpaired) electrons. The van der Waals surface area contributed by atoms with E-state index in [-0.39, 0.29) is 11.9 Å². The highest BCUT2D eigenvalue weighted by Gasteiger charge is 2.23. The van der Waals surface area contributed by atoms with Crippen LogP contribution < -0.4 is 5.32 Å². The summed E-state index contributed by atoms with van der Waals surface area (Å²) in [5, 5.41) is 7.15. The number of aryl methyl sites for hydroxylation is 1. The molecular formula is C13H16ClN5OS2. The maximum absolute atomic E-state index is 12.2. The normalized spacial score (nSPS) is 16.8. The van der Waals surface area contributed by atoms with Crippen LogP contribution in [0.2, 0.25) is 4.34 Å². The molecule has 3 heterocycles. The van der Waals surface area contributed by atoms with E-state index in [4.69, 9.17) is 11.6 Å². The zero-order valence-electron chi connectivity index (χ0n) is 12.1. The number of nitrogens with zero attached hydrogens (tertiary/aromatic N) is 4. The van der Waals surface area contributed by atoms with Crippen molar-refractivity contribution < 1.29 is 4.79 Å². The molecule has 1 aliphatic heterocycles. The molecule has 6 nitrogen and oxygen atoms in total. The maximum Gasteiger partial charge on any atom is 0.263 e. The van der Waals surface area contributed by atoms with E-state index in [1.54, 1.807) is 5.51 Å². The van der Waals surface area contributed by atoms with E-state index in [1.807, 2.05) is 6.92 Å². The average Bonchev–Trinajstić information content (AvgIpc) is 3.10. The van der Waals surface area contributed by atoms with E-state index >= 15 is 0 Å². The third-order valence-corrected chi connectivity index (χ3v) is 5.67. The Morgan fingerprint density at radius 3 is 2.86 bits per heavy atom. The Balaban J connectivity index is 1.49. The van der Waals surface area contributed by atoms with Crippen LogP contribution in [0.3, 0.4) is 0 Å². The largest absolute Gasteiger partial charge is 0.348 e. The van der Waals surface area contributed by atoms with Crippen LogP contribution >= 0.6 is 34.5 Å². The smallest absolute Gasteiger partial charge is 0.263 e. The molecule has 0 spiro atoms. The number of rotatable bonds is 4. The topological polar surface area (TPSA) is 71.0 Å². The van der Waals surface area contributed by atoms with Crippen molar-refractivity contribution in [2.45, 2.75) is 32.4 Å². The number of amides is 1. The van der Waals surface area contributed by atoms with Crippen molar-refractivity contribution in [2.75, 3.05) is 13.1 Å². The van der Waals surface area contributed by atoms with Crippen molar-refractivity contribution in [2.24, 2.45) is 0 Å². The number of carbonyl (C=O) groups is 1. The van der Waals surface area contributed by atoms with Crippen LogP contribution in [0, 0.1) is 6.92 Å². The number of hydrogen-bond donors (Lipinski definition) is 1. The summed E-state index contributed by atoms with van der Waals surface area (Å²) in [5.41, 5.74) is 3.35. The zero-order valence-corrected chi connectivity index (χ0v) is 14.5. The van der Waals surface area contributed by atoms with Crippen LogP contribution in [-0.2, 0) is 6.54 Å². The molecule has 9 heteroatoms. The van der Waals surface area contributed by atoms with E-state index in [0.717, 1.165) is 43.9 Å². The lowest BCUT2D eigenvalue weighted by Gasteiger charge is -2.31. The molecule has 1 saturated heterocycles. The lowest BCUT2D eigenvalue weighted by molar-refractivity contribution is 0.0912. The Morgan fingerprint density at radius 1 is 1.50 bits per heavy atom. The van der Waals surface area contributed by atoms with Crippen molar-refractivity contribution in [3.05, 3.63) is 26.1 Å². The van der Waals surface area contributed by atoms with Gasteiger partial charge in [0.05, 0.1) is 11.2 Å². The first kappa shape index (κ1) is 15.8. The van der Waals surface area contributed by atoms with Crippen LogP contribution in [0.5, 0.6) is 0 Å². The molecule has 0 unspecified atom stereocenters. The molecule has 0 saturated carbocycles. The van der Waals surface area contributed by atoms with Gasteiger partial charge in [-0.15, -0.1) is 16.4 Å². The molecular weight excluding hydrogens is 342 g/mol. The Labute approximate surface area is 141 Å². The molecule has 1 fully saturated rings. The first-order valence-electron chi connectivity index (χ1n) is 7.03. The van der Waals surface area contributed by atoms with Gasteiger partial charge in [-0.2, -0.15) is 0 Å². The third kappa shape index (κ3) is 3.62. The molecule has 118 valence electrons. The summed E-state index contributed by atoms with van der Waals surface area (Å²) in [7, 11) is 0. The summed E-state index contributed by atoms with van der Waals surface area (Å²) in [5.74, 6) is -0.00908. The Kier molecular flexibility index (Phi) is 5.02. The first-order valence-corrected chi connectivity index (χ1v) is 9.06. The van der Waals surface area contributed by atoms with Crippen molar-refractivity contribution in [1.82, 2.24) is 24.8 Å². The molecule has 2 aromatic rings. The lowest BCUT2D eigenvalue weighted by Crippen LogP contribution is -2.44. The molecule has 1 amide bonds. The van der Waals surface area contributed by atoms with Gasteiger partial charge >= 0.3 is 0 Å². The molecule has 0 aliphatic carbocycles. The summed E-state index contributed by atoms with van der Waals surface area (Å²) in [4.78, 5) is 19.3. The van der Waals surface area contributed by atoms with Gasteiger partial charge in [-0.25, -0.2) is 4.98 Å². The van der Waals surface area contributed by atoms with Crippen molar-refractivity contribution in [1.29, 1.82) is 0 Å². The van der Waals surface area contributed by atoms with Crippen LogP contribution in [-0.4, -0.2) is 44.5 Å². The minimum absolute atomic E-state index is 0.00908. The molecule has 0 aromatic carbocycles. The summed E-state index contributed by atoms with van der Waals surface area (Å²) < 4.78 is 4.51. The van der Waals surface area contributed by atoms with E-state index in [2.05, 4.69) is 24.8 Å². The predicted molar refractivity (Wildman–Crippen MR) is 87.5 cm³/mol. The van der Waals surface area contributed by atoms with Gasteiger partial charge in [-0.1, -0.05) is 16.1 Å². The molecule has 2 aromatic heterocycles. The van der Waals surface area contributed by atoms with E-state index in [9.17, 15) is 4.79 Å². The van der Waals surface area contributed by atoms with Gasteiger partial charge in [0, 0.05) is 37.2 Å². The fraction of sp³-hybridized carbons (Fsp3) is 0.538. The molecule has 1 aliphatic rings. The zero-order chi connectivity index (χ0) is 15.5. The number of carbonyl (C=O) groups excluding carboxylic acids is 1. The third-order valence-electron chi connectivity index (χ3n) is 3.76. The number of piperidine rings is 1. The van der Waals surface area contributed by atoms with Gasteiger partial charge in [0.15, 0.2) is 0 Å². The van der Waals surface area contributed by atoms with Crippen molar-refractivity contribution in [3.63, 3.8) is 0 Å². The summed E-state index contributed by atoms with van der Waals surface area (Å²) in [6, 6.07) is 0.217. The maximum atomic E-state index is 12.2. The number of aromatic nitrogens is 3. The SMILES string of the molecule is Cc1ncsc1C(=O)NC1CCN(Cc2nnsc2Cl)CC1. The second-order valence-electron chi connectivity index (χ2n) is 5.28. The van der Waals surface area contributed by atoms with Gasteiger partial charge in [-0.05, 0) is 19.8 Å². The average molecular weight is 358 g/mol. The number of hydrogen-bond acceptors (Lipinski definition) is 7. The second kappa shape index (κ2) is 6.99. The van der Waals surface area contributed by atoms with Crippen LogP contribution in [0.4, 0.5) is 0 Å². The van der Waals surface area contributed by atoms with Gasteiger partial charge in [-0.3, -0.25) is 9.69 Å². The van der Waals surface area contributed by atoms with Crippen molar-refractivity contribution in [3.8, 4) is 0 Å². The number of likely N-dealkylation sites (tertiary alicyclic amines) is 1.